The summed E-state index contributed by atoms with van der Waals surface area (Å²) in [6.07, 6.45) is -4.83. The summed E-state index contributed by atoms with van der Waals surface area (Å²) in [6, 6.07) is 5.11. The molecule has 0 unspecified atom stereocenters. The van der Waals surface area contributed by atoms with Crippen molar-refractivity contribution in [1.82, 2.24) is 0 Å². The highest BCUT2D eigenvalue weighted by molar-refractivity contribution is 5.64. The Kier molecular flexibility index (Phi) is 3.26. The van der Waals surface area contributed by atoms with Crippen molar-refractivity contribution < 1.29 is 26.3 Å². The van der Waals surface area contributed by atoms with Crippen molar-refractivity contribution in [3.05, 3.63) is 59.4 Å². The second-order valence-electron chi connectivity index (χ2n) is 3.79. The summed E-state index contributed by atoms with van der Waals surface area (Å²) in [5.74, 6) is -3.92. The first-order valence-corrected chi connectivity index (χ1v) is 5.12. The van der Waals surface area contributed by atoms with Gasteiger partial charge in [0.25, 0.3) is 0 Å². The van der Waals surface area contributed by atoms with E-state index in [1.54, 1.807) is 0 Å². The van der Waals surface area contributed by atoms with Gasteiger partial charge in [-0.2, -0.15) is 13.2 Å². The van der Waals surface area contributed by atoms with Gasteiger partial charge in [0, 0.05) is 5.56 Å². The Labute approximate surface area is 104 Å². The molecule has 2 rings (SSSR count). The number of hydrogen-bond donors (Lipinski definition) is 0. The lowest BCUT2D eigenvalue weighted by Gasteiger charge is -2.10. The lowest BCUT2D eigenvalue weighted by molar-refractivity contribution is -0.139. The van der Waals surface area contributed by atoms with Crippen molar-refractivity contribution in [1.29, 1.82) is 0 Å². The summed E-state index contributed by atoms with van der Waals surface area (Å²) in [7, 11) is 0. The maximum absolute atomic E-state index is 13.4. The van der Waals surface area contributed by atoms with Gasteiger partial charge in [-0.15, -0.1) is 0 Å². The van der Waals surface area contributed by atoms with Crippen molar-refractivity contribution in [2.24, 2.45) is 0 Å². The molecule has 2 aromatic rings. The molecule has 0 aliphatic rings. The highest BCUT2D eigenvalue weighted by atomic mass is 19.4. The zero-order chi connectivity index (χ0) is 14.2. The van der Waals surface area contributed by atoms with Crippen LogP contribution in [0.1, 0.15) is 5.56 Å². The molecule has 0 saturated heterocycles. The predicted molar refractivity (Wildman–Crippen MR) is 56.8 cm³/mol. The van der Waals surface area contributed by atoms with Gasteiger partial charge in [-0.25, -0.2) is 13.2 Å². The molecule has 0 amide bonds. The SMILES string of the molecule is Fc1cc(-c2cccc(F)c2F)ccc1C(F)(F)F. The minimum absolute atomic E-state index is 0.164. The minimum atomic E-state index is -4.83. The van der Waals surface area contributed by atoms with Gasteiger partial charge < -0.3 is 0 Å². The molecule has 0 aliphatic carbocycles. The van der Waals surface area contributed by atoms with E-state index in [2.05, 4.69) is 0 Å². The molecular formula is C13H6F6. The Morgan fingerprint density at radius 3 is 2.05 bits per heavy atom. The van der Waals surface area contributed by atoms with Gasteiger partial charge in [0.15, 0.2) is 11.6 Å². The third-order valence-corrected chi connectivity index (χ3v) is 2.54. The Balaban J connectivity index is 2.54. The number of halogens is 6. The summed E-state index contributed by atoms with van der Waals surface area (Å²) >= 11 is 0. The van der Waals surface area contributed by atoms with Gasteiger partial charge in [0.2, 0.25) is 0 Å². The molecule has 0 spiro atoms. The van der Waals surface area contributed by atoms with Crippen LogP contribution in [0.15, 0.2) is 36.4 Å². The zero-order valence-electron chi connectivity index (χ0n) is 9.23. The maximum atomic E-state index is 13.4. The van der Waals surface area contributed by atoms with E-state index >= 15 is 0 Å². The lowest BCUT2D eigenvalue weighted by atomic mass is 10.0. The Morgan fingerprint density at radius 1 is 0.789 bits per heavy atom. The third-order valence-electron chi connectivity index (χ3n) is 2.54. The molecule has 0 fully saturated rings. The minimum Gasteiger partial charge on any atom is -0.206 e. The molecule has 0 heterocycles. The summed E-state index contributed by atoms with van der Waals surface area (Å²) in [5, 5.41) is 0. The van der Waals surface area contributed by atoms with E-state index in [0.717, 1.165) is 18.2 Å². The monoisotopic (exact) mass is 276 g/mol. The summed E-state index contributed by atoms with van der Waals surface area (Å²) < 4.78 is 76.8. The highest BCUT2D eigenvalue weighted by Gasteiger charge is 2.34. The number of benzene rings is 2. The van der Waals surface area contributed by atoms with Crippen LogP contribution in [0, 0.1) is 17.5 Å². The normalized spacial score (nSPS) is 11.7. The number of alkyl halides is 3. The lowest BCUT2D eigenvalue weighted by Crippen LogP contribution is -2.08. The van der Waals surface area contributed by atoms with E-state index < -0.39 is 29.2 Å². The molecule has 2 aromatic carbocycles. The van der Waals surface area contributed by atoms with E-state index in [1.165, 1.54) is 6.07 Å². The fourth-order valence-corrected chi connectivity index (χ4v) is 1.64. The largest absolute Gasteiger partial charge is 0.419 e. The van der Waals surface area contributed by atoms with Crippen molar-refractivity contribution >= 4 is 0 Å². The fourth-order valence-electron chi connectivity index (χ4n) is 1.64. The van der Waals surface area contributed by atoms with Gasteiger partial charge in [0.05, 0.1) is 5.56 Å². The van der Waals surface area contributed by atoms with Crippen LogP contribution in [0.4, 0.5) is 26.3 Å². The predicted octanol–water partition coefficient (Wildman–Crippen LogP) is 4.79. The van der Waals surface area contributed by atoms with Gasteiger partial charge in [-0.3, -0.25) is 0 Å². The summed E-state index contributed by atoms with van der Waals surface area (Å²) in [6.45, 7) is 0. The summed E-state index contributed by atoms with van der Waals surface area (Å²) in [4.78, 5) is 0. The first-order valence-electron chi connectivity index (χ1n) is 5.12. The molecular weight excluding hydrogens is 270 g/mol. The third kappa shape index (κ3) is 2.57. The Hall–Kier alpha value is -1.98. The van der Waals surface area contributed by atoms with Crippen LogP contribution >= 0.6 is 0 Å². The topological polar surface area (TPSA) is 0 Å². The van der Waals surface area contributed by atoms with Crippen LogP contribution < -0.4 is 0 Å². The van der Waals surface area contributed by atoms with Gasteiger partial charge in [0.1, 0.15) is 5.82 Å². The average molecular weight is 276 g/mol. The van der Waals surface area contributed by atoms with Crippen LogP contribution in [0.3, 0.4) is 0 Å². The van der Waals surface area contributed by atoms with E-state index in [1.807, 2.05) is 0 Å². The van der Waals surface area contributed by atoms with Crippen LogP contribution in [0.5, 0.6) is 0 Å². The first kappa shape index (κ1) is 13.5. The van der Waals surface area contributed by atoms with Gasteiger partial charge >= 0.3 is 6.18 Å². The van der Waals surface area contributed by atoms with Crippen LogP contribution in [0.25, 0.3) is 11.1 Å². The van der Waals surface area contributed by atoms with Crippen molar-refractivity contribution in [2.75, 3.05) is 0 Å². The molecule has 6 heteroatoms. The summed E-state index contributed by atoms with van der Waals surface area (Å²) in [5.41, 5.74) is -1.91. The first-order chi connectivity index (χ1) is 8.80. The molecule has 0 radical (unpaired) electrons. The van der Waals surface area contributed by atoms with E-state index in [9.17, 15) is 26.3 Å². The molecule has 0 N–H and O–H groups in total. The standard InChI is InChI=1S/C13H6F6/c14-10-3-1-2-8(12(10)16)7-4-5-9(11(15)6-7)13(17,18)19/h1-6H. The van der Waals surface area contributed by atoms with Crippen LogP contribution in [0.2, 0.25) is 0 Å². The second kappa shape index (κ2) is 4.60. The number of rotatable bonds is 1. The molecule has 0 saturated carbocycles. The molecule has 0 atom stereocenters. The Bertz CT molecular complexity index is 615. The molecule has 0 aliphatic heterocycles. The van der Waals surface area contributed by atoms with Gasteiger partial charge in [-0.05, 0) is 23.8 Å². The van der Waals surface area contributed by atoms with E-state index in [-0.39, 0.29) is 11.1 Å². The second-order valence-corrected chi connectivity index (χ2v) is 3.79. The van der Waals surface area contributed by atoms with Crippen LogP contribution in [-0.2, 0) is 6.18 Å². The van der Waals surface area contributed by atoms with Crippen molar-refractivity contribution in [3.8, 4) is 11.1 Å². The molecule has 19 heavy (non-hydrogen) atoms. The van der Waals surface area contributed by atoms with E-state index in [0.29, 0.717) is 12.1 Å². The smallest absolute Gasteiger partial charge is 0.206 e. The average Bonchev–Trinajstić information content (AvgIpc) is 2.31. The highest BCUT2D eigenvalue weighted by Crippen LogP contribution is 2.34. The molecule has 100 valence electrons. The van der Waals surface area contributed by atoms with Gasteiger partial charge in [-0.1, -0.05) is 18.2 Å². The quantitative estimate of drug-likeness (QED) is 0.657. The fraction of sp³-hybridized carbons (Fsp3) is 0.0769. The number of hydrogen-bond acceptors (Lipinski definition) is 0. The zero-order valence-corrected chi connectivity index (χ0v) is 9.23. The molecule has 0 bridgehead atoms. The maximum Gasteiger partial charge on any atom is 0.419 e. The van der Waals surface area contributed by atoms with Crippen LogP contribution in [-0.4, -0.2) is 0 Å². The molecule has 0 aromatic heterocycles. The van der Waals surface area contributed by atoms with E-state index in [4.69, 9.17) is 0 Å². The van der Waals surface area contributed by atoms with Crippen molar-refractivity contribution in [3.63, 3.8) is 0 Å². The Morgan fingerprint density at radius 2 is 1.47 bits per heavy atom. The van der Waals surface area contributed by atoms with Crippen molar-refractivity contribution in [2.45, 2.75) is 6.18 Å². The molecule has 0 nitrogen and oxygen atoms in total.